The Hall–Kier alpha value is -3.56. The Kier molecular flexibility index (Phi) is 10.2. The van der Waals surface area contributed by atoms with Gasteiger partial charge in [-0.25, -0.2) is 0 Å². The van der Waals surface area contributed by atoms with E-state index in [0.29, 0.717) is 40.9 Å². The summed E-state index contributed by atoms with van der Waals surface area (Å²) in [6, 6.07) is 14.1. The second-order valence-electron chi connectivity index (χ2n) is 9.29. The number of benzene rings is 2. The number of rotatable bonds is 11. The number of amides is 1. The molecular weight excluding hydrogens is 504 g/mol. The van der Waals surface area contributed by atoms with Gasteiger partial charge in [-0.1, -0.05) is 26.8 Å². The van der Waals surface area contributed by atoms with Crippen molar-refractivity contribution in [3.8, 4) is 17.2 Å². The molecule has 1 aromatic heterocycles. The van der Waals surface area contributed by atoms with Crippen LogP contribution >= 0.6 is 11.8 Å². The summed E-state index contributed by atoms with van der Waals surface area (Å²) in [6.45, 7) is 8.48. The molecule has 0 N–H and O–H groups in total. The Morgan fingerprint density at radius 1 is 1.00 bits per heavy atom. The van der Waals surface area contributed by atoms with Crippen molar-refractivity contribution in [2.75, 3.05) is 25.9 Å². The first-order valence-corrected chi connectivity index (χ1v) is 13.2. The third kappa shape index (κ3) is 7.97. The first kappa shape index (κ1) is 29.0. The molecule has 1 heterocycles. The Balaban J connectivity index is 1.96. The molecule has 0 radical (unpaired) electrons. The van der Waals surface area contributed by atoms with Gasteiger partial charge in [-0.05, 0) is 55.0 Å². The minimum Gasteiger partial charge on any atom is -0.493 e. The summed E-state index contributed by atoms with van der Waals surface area (Å²) >= 11 is 1.73. The van der Waals surface area contributed by atoms with Crippen LogP contribution in [0.1, 0.15) is 49.2 Å². The quantitative estimate of drug-likeness (QED) is 0.210. The third-order valence-electron chi connectivity index (χ3n) is 5.32. The minimum absolute atomic E-state index is 0.0111. The highest BCUT2D eigenvalue weighted by atomic mass is 32.2. The Morgan fingerprint density at radius 2 is 1.76 bits per heavy atom. The number of methoxy groups -OCH3 is 1. The smallest absolute Gasteiger partial charge is 0.310 e. The van der Waals surface area contributed by atoms with E-state index in [9.17, 15) is 9.59 Å². The van der Waals surface area contributed by atoms with E-state index in [4.69, 9.17) is 19.0 Å². The second kappa shape index (κ2) is 13.3. The van der Waals surface area contributed by atoms with Crippen molar-refractivity contribution >= 4 is 29.3 Å². The van der Waals surface area contributed by atoms with Gasteiger partial charge in [0.1, 0.15) is 5.75 Å². The van der Waals surface area contributed by atoms with Gasteiger partial charge >= 0.3 is 5.97 Å². The number of nitrogens with zero attached hydrogens (tertiary/aromatic N) is 2. The van der Waals surface area contributed by atoms with Gasteiger partial charge in [0.15, 0.2) is 11.5 Å². The molecule has 0 atom stereocenters. The van der Waals surface area contributed by atoms with Gasteiger partial charge in [-0.3, -0.25) is 19.4 Å². The maximum Gasteiger partial charge on any atom is 0.310 e. The van der Waals surface area contributed by atoms with Gasteiger partial charge < -0.3 is 14.2 Å². The molecule has 3 rings (SSSR count). The molecule has 0 fully saturated rings. The van der Waals surface area contributed by atoms with Crippen LogP contribution in [0.25, 0.3) is 0 Å². The van der Waals surface area contributed by atoms with Crippen LogP contribution in [0.3, 0.4) is 0 Å². The molecule has 38 heavy (non-hydrogen) atoms. The molecule has 0 bridgehead atoms. The summed E-state index contributed by atoms with van der Waals surface area (Å²) < 4.78 is 16.9. The fourth-order valence-corrected chi connectivity index (χ4v) is 4.34. The highest BCUT2D eigenvalue weighted by Gasteiger charge is 2.22. The van der Waals surface area contributed by atoms with E-state index in [-0.39, 0.29) is 23.0 Å². The highest BCUT2D eigenvalue weighted by Crippen LogP contribution is 2.37. The van der Waals surface area contributed by atoms with Crippen molar-refractivity contribution in [2.24, 2.45) is 0 Å². The molecule has 0 spiro atoms. The summed E-state index contributed by atoms with van der Waals surface area (Å²) in [6.07, 6.45) is 3.31. The van der Waals surface area contributed by atoms with Crippen LogP contribution in [0, 0.1) is 0 Å². The van der Waals surface area contributed by atoms with E-state index < -0.39 is 0 Å². The fraction of sp³-hybridized carbons (Fsp3) is 0.345. The Labute approximate surface area is 228 Å². The van der Waals surface area contributed by atoms with Gasteiger partial charge in [0.05, 0.1) is 39.1 Å². The third-order valence-corrected chi connectivity index (χ3v) is 6.64. The lowest BCUT2D eigenvalue weighted by molar-refractivity contribution is -0.142. The summed E-state index contributed by atoms with van der Waals surface area (Å²) in [5, 5.41) is 1.20. The largest absolute Gasteiger partial charge is 0.493 e. The molecular formula is C29H34N2O6S. The average molecular weight is 539 g/mol. The topological polar surface area (TPSA) is 87.2 Å². The summed E-state index contributed by atoms with van der Waals surface area (Å²) in [4.78, 5) is 34.8. The number of ether oxygens (including phenoxy) is 3. The van der Waals surface area contributed by atoms with E-state index in [2.05, 4.69) is 25.8 Å². The zero-order valence-corrected chi connectivity index (χ0v) is 23.5. The van der Waals surface area contributed by atoms with E-state index in [1.54, 1.807) is 80.7 Å². The van der Waals surface area contributed by atoms with Crippen molar-refractivity contribution in [3.05, 3.63) is 77.6 Å². The molecule has 202 valence electrons. The number of hydroxylamine groups is 1. The molecule has 0 aliphatic heterocycles. The van der Waals surface area contributed by atoms with Crippen LogP contribution in [0.5, 0.6) is 17.2 Å². The van der Waals surface area contributed by atoms with Crippen molar-refractivity contribution in [2.45, 2.75) is 44.6 Å². The second-order valence-corrected chi connectivity index (χ2v) is 11.1. The summed E-state index contributed by atoms with van der Waals surface area (Å²) in [7, 11) is 3.00. The zero-order chi connectivity index (χ0) is 27.7. The monoisotopic (exact) mass is 538 g/mol. The molecule has 2 aromatic carbocycles. The number of carbonyl (C=O) groups excluding carboxylic acids is 2. The van der Waals surface area contributed by atoms with E-state index in [1.165, 1.54) is 12.2 Å². The number of pyridine rings is 1. The van der Waals surface area contributed by atoms with Gasteiger partial charge in [0, 0.05) is 27.8 Å². The van der Waals surface area contributed by atoms with E-state index >= 15 is 0 Å². The number of aromatic nitrogens is 1. The maximum atomic E-state index is 13.4. The molecule has 0 aliphatic carbocycles. The van der Waals surface area contributed by atoms with E-state index in [0.717, 1.165) is 11.1 Å². The lowest BCUT2D eigenvalue weighted by atomic mass is 10.1. The van der Waals surface area contributed by atoms with Gasteiger partial charge in [0.2, 0.25) is 0 Å². The number of hydrogen-bond acceptors (Lipinski definition) is 8. The zero-order valence-electron chi connectivity index (χ0n) is 22.6. The number of thioether (sulfide) groups is 1. The summed E-state index contributed by atoms with van der Waals surface area (Å²) in [5.41, 5.74) is 2.53. The molecule has 0 saturated carbocycles. The predicted molar refractivity (Wildman–Crippen MR) is 149 cm³/mol. The van der Waals surface area contributed by atoms with Gasteiger partial charge in [0.25, 0.3) is 5.91 Å². The molecule has 0 saturated heterocycles. The predicted octanol–water partition coefficient (Wildman–Crippen LogP) is 6.23. The van der Waals surface area contributed by atoms with Crippen molar-refractivity contribution in [1.29, 1.82) is 0 Å². The normalized spacial score (nSPS) is 11.1. The number of hydrogen-bond donors (Lipinski definition) is 0. The van der Waals surface area contributed by atoms with Crippen LogP contribution < -0.4 is 14.5 Å². The Bertz CT molecular complexity index is 1240. The average Bonchev–Trinajstić information content (AvgIpc) is 2.89. The molecule has 9 heteroatoms. The molecule has 0 aliphatic rings. The minimum atomic E-state index is -0.330. The van der Waals surface area contributed by atoms with Crippen molar-refractivity contribution in [3.63, 3.8) is 0 Å². The first-order chi connectivity index (χ1) is 18.1. The Morgan fingerprint density at radius 3 is 2.39 bits per heavy atom. The summed E-state index contributed by atoms with van der Waals surface area (Å²) in [5.74, 6) is 1.52. The number of esters is 1. The van der Waals surface area contributed by atoms with E-state index in [1.807, 2.05) is 6.07 Å². The highest BCUT2D eigenvalue weighted by molar-refractivity contribution is 7.99. The maximum absolute atomic E-state index is 13.4. The van der Waals surface area contributed by atoms with Crippen molar-refractivity contribution < 1.29 is 28.6 Å². The standard InChI is InChI=1S/C29H34N2O6S/c1-7-36-27(32)16-20-10-12-25(34-5)26(15-20)37-24-13-11-21(17-22(24)19-38-29(2,3)4)28(33)31(35-6)23-9-8-14-30-18-23/h8-15,17-18H,7,16,19H2,1-6H3. The van der Waals surface area contributed by atoms with Crippen LogP contribution in [0.2, 0.25) is 0 Å². The van der Waals surface area contributed by atoms with Gasteiger partial charge in [-0.15, -0.1) is 0 Å². The lowest BCUT2D eigenvalue weighted by Crippen LogP contribution is -2.29. The van der Waals surface area contributed by atoms with Crippen molar-refractivity contribution in [1.82, 2.24) is 4.98 Å². The fourth-order valence-electron chi connectivity index (χ4n) is 3.52. The van der Waals surface area contributed by atoms with Crippen LogP contribution in [-0.2, 0) is 26.5 Å². The van der Waals surface area contributed by atoms with Crippen LogP contribution in [0.4, 0.5) is 5.69 Å². The van der Waals surface area contributed by atoms with Crippen LogP contribution in [-0.4, -0.2) is 42.4 Å². The molecule has 0 unspecified atom stereocenters. The van der Waals surface area contributed by atoms with Crippen LogP contribution in [0.15, 0.2) is 60.9 Å². The number of carbonyl (C=O) groups is 2. The van der Waals surface area contributed by atoms with Gasteiger partial charge in [-0.2, -0.15) is 16.8 Å². The first-order valence-electron chi connectivity index (χ1n) is 12.2. The SMILES string of the molecule is CCOC(=O)Cc1ccc(OC)c(Oc2ccc(C(=O)N(OC)c3cccnc3)cc2CSC(C)(C)C)c1. The lowest BCUT2D eigenvalue weighted by Gasteiger charge is -2.22. The molecule has 1 amide bonds. The number of anilines is 1. The molecule has 8 nitrogen and oxygen atoms in total. The molecule has 3 aromatic rings.